The Morgan fingerprint density at radius 1 is 0.931 bits per heavy atom. The van der Waals surface area contributed by atoms with Crippen molar-refractivity contribution >= 4 is 17.5 Å². The molecule has 6 nitrogen and oxygen atoms in total. The predicted molar refractivity (Wildman–Crippen MR) is 110 cm³/mol. The second-order valence-electron chi connectivity index (χ2n) is 6.19. The lowest BCUT2D eigenvalue weighted by atomic mass is 10.1. The van der Waals surface area contributed by atoms with Crippen LogP contribution in [-0.4, -0.2) is 18.9 Å². The molecule has 0 saturated carbocycles. The number of amides is 2. The van der Waals surface area contributed by atoms with E-state index in [0.29, 0.717) is 34.7 Å². The van der Waals surface area contributed by atoms with Crippen LogP contribution < -0.4 is 15.4 Å². The van der Waals surface area contributed by atoms with Gasteiger partial charge in [-0.1, -0.05) is 36.4 Å². The van der Waals surface area contributed by atoms with Gasteiger partial charge in [0.25, 0.3) is 11.8 Å². The van der Waals surface area contributed by atoms with Crippen molar-refractivity contribution in [3.8, 4) is 11.8 Å². The predicted octanol–water partition coefficient (Wildman–Crippen LogP) is 3.75. The first-order valence-corrected chi connectivity index (χ1v) is 8.93. The molecule has 3 aromatic rings. The van der Waals surface area contributed by atoms with Crippen molar-refractivity contribution in [2.75, 3.05) is 12.4 Å². The van der Waals surface area contributed by atoms with Gasteiger partial charge in [-0.15, -0.1) is 0 Å². The van der Waals surface area contributed by atoms with E-state index >= 15 is 0 Å². The lowest BCUT2D eigenvalue weighted by molar-refractivity contribution is 0.0950. The summed E-state index contributed by atoms with van der Waals surface area (Å²) in [4.78, 5) is 25.1. The van der Waals surface area contributed by atoms with Crippen LogP contribution in [0.1, 0.15) is 31.8 Å². The van der Waals surface area contributed by atoms with E-state index in [0.717, 1.165) is 5.56 Å². The molecule has 0 aliphatic carbocycles. The Labute approximate surface area is 168 Å². The van der Waals surface area contributed by atoms with Gasteiger partial charge in [-0.2, -0.15) is 5.26 Å². The van der Waals surface area contributed by atoms with Crippen molar-refractivity contribution < 1.29 is 14.3 Å². The van der Waals surface area contributed by atoms with Crippen molar-refractivity contribution in [3.63, 3.8) is 0 Å². The largest absolute Gasteiger partial charge is 0.496 e. The fourth-order valence-electron chi connectivity index (χ4n) is 2.81. The molecule has 0 saturated heterocycles. The number of hydrogen-bond donors (Lipinski definition) is 2. The number of rotatable bonds is 6. The molecule has 3 rings (SSSR count). The Morgan fingerprint density at radius 3 is 2.38 bits per heavy atom. The molecule has 0 aliphatic rings. The molecule has 0 atom stereocenters. The van der Waals surface area contributed by atoms with Gasteiger partial charge in [-0.3, -0.25) is 9.59 Å². The SMILES string of the molecule is COc1ccccc1CNC(=O)c1cccc(C(=O)Nc2ccccc2C#N)c1. The summed E-state index contributed by atoms with van der Waals surface area (Å²) in [5, 5.41) is 14.7. The number of nitrogens with zero attached hydrogens (tertiary/aromatic N) is 1. The fraction of sp³-hybridized carbons (Fsp3) is 0.0870. The molecule has 0 fully saturated rings. The van der Waals surface area contributed by atoms with Crippen molar-refractivity contribution in [1.29, 1.82) is 5.26 Å². The molecule has 144 valence electrons. The first-order valence-electron chi connectivity index (χ1n) is 8.93. The summed E-state index contributed by atoms with van der Waals surface area (Å²) in [7, 11) is 1.58. The van der Waals surface area contributed by atoms with E-state index < -0.39 is 5.91 Å². The van der Waals surface area contributed by atoms with Crippen LogP contribution in [0.4, 0.5) is 5.69 Å². The Kier molecular flexibility index (Phi) is 6.23. The number of nitrogens with one attached hydrogen (secondary N) is 2. The van der Waals surface area contributed by atoms with Crippen molar-refractivity contribution in [3.05, 3.63) is 95.1 Å². The number of methoxy groups -OCH3 is 1. The van der Waals surface area contributed by atoms with Crippen LogP contribution in [-0.2, 0) is 6.54 Å². The Balaban J connectivity index is 1.71. The van der Waals surface area contributed by atoms with E-state index in [1.54, 1.807) is 49.6 Å². The number of carbonyl (C=O) groups is 2. The van der Waals surface area contributed by atoms with Crippen LogP contribution in [0, 0.1) is 11.3 Å². The van der Waals surface area contributed by atoms with E-state index in [-0.39, 0.29) is 5.91 Å². The number of para-hydroxylation sites is 2. The molecule has 3 aromatic carbocycles. The van der Waals surface area contributed by atoms with Crippen LogP contribution in [0.5, 0.6) is 5.75 Å². The lowest BCUT2D eigenvalue weighted by Gasteiger charge is -2.10. The number of ether oxygens (including phenoxy) is 1. The van der Waals surface area contributed by atoms with Crippen molar-refractivity contribution in [2.45, 2.75) is 6.54 Å². The molecule has 0 bridgehead atoms. The highest BCUT2D eigenvalue weighted by atomic mass is 16.5. The zero-order valence-electron chi connectivity index (χ0n) is 15.8. The second kappa shape index (κ2) is 9.20. The third-order valence-electron chi connectivity index (χ3n) is 4.31. The monoisotopic (exact) mass is 385 g/mol. The molecule has 0 unspecified atom stereocenters. The lowest BCUT2D eigenvalue weighted by Crippen LogP contribution is -2.23. The average Bonchev–Trinajstić information content (AvgIpc) is 2.78. The molecular formula is C23H19N3O3. The molecule has 0 aliphatic heterocycles. The van der Waals surface area contributed by atoms with Crippen molar-refractivity contribution in [2.24, 2.45) is 0 Å². The smallest absolute Gasteiger partial charge is 0.255 e. The molecular weight excluding hydrogens is 366 g/mol. The van der Waals surface area contributed by atoms with Gasteiger partial charge in [0.2, 0.25) is 0 Å². The quantitative estimate of drug-likeness (QED) is 0.676. The van der Waals surface area contributed by atoms with Gasteiger partial charge in [-0.25, -0.2) is 0 Å². The summed E-state index contributed by atoms with van der Waals surface area (Å²) in [5.41, 5.74) is 2.33. The minimum absolute atomic E-state index is 0.300. The topological polar surface area (TPSA) is 91.2 Å². The van der Waals surface area contributed by atoms with E-state index in [1.165, 1.54) is 6.07 Å². The highest BCUT2D eigenvalue weighted by Gasteiger charge is 2.13. The summed E-state index contributed by atoms with van der Waals surface area (Å²) in [6.45, 7) is 0.300. The minimum Gasteiger partial charge on any atom is -0.496 e. The fourth-order valence-corrected chi connectivity index (χ4v) is 2.81. The number of anilines is 1. The molecule has 2 amide bonds. The first-order chi connectivity index (χ1) is 14.1. The maximum Gasteiger partial charge on any atom is 0.255 e. The van der Waals surface area contributed by atoms with Crippen LogP contribution in [0.25, 0.3) is 0 Å². The zero-order valence-corrected chi connectivity index (χ0v) is 15.8. The van der Waals surface area contributed by atoms with Crippen LogP contribution in [0.3, 0.4) is 0 Å². The molecule has 0 radical (unpaired) electrons. The third-order valence-corrected chi connectivity index (χ3v) is 4.31. The Bertz CT molecular complexity index is 1090. The van der Waals surface area contributed by atoms with Crippen LogP contribution in [0.15, 0.2) is 72.8 Å². The van der Waals surface area contributed by atoms with Gasteiger partial charge >= 0.3 is 0 Å². The second-order valence-corrected chi connectivity index (χ2v) is 6.19. The van der Waals surface area contributed by atoms with Crippen LogP contribution in [0.2, 0.25) is 0 Å². The van der Waals surface area contributed by atoms with Crippen molar-refractivity contribution in [1.82, 2.24) is 5.32 Å². The van der Waals surface area contributed by atoms with Gasteiger partial charge in [0, 0.05) is 23.2 Å². The Hall–Kier alpha value is -4.11. The molecule has 2 N–H and O–H groups in total. The first kappa shape index (κ1) is 19.6. The third kappa shape index (κ3) is 4.79. The summed E-state index contributed by atoms with van der Waals surface area (Å²) < 4.78 is 5.28. The molecule has 0 aromatic heterocycles. The molecule has 0 heterocycles. The summed E-state index contributed by atoms with van der Waals surface area (Å²) >= 11 is 0. The number of hydrogen-bond acceptors (Lipinski definition) is 4. The van der Waals surface area contributed by atoms with Gasteiger partial charge in [0.1, 0.15) is 11.8 Å². The maximum atomic E-state index is 12.6. The number of carbonyl (C=O) groups excluding carboxylic acids is 2. The van der Waals surface area contributed by atoms with E-state index in [9.17, 15) is 9.59 Å². The highest BCUT2D eigenvalue weighted by molar-refractivity contribution is 6.06. The van der Waals surface area contributed by atoms with E-state index in [4.69, 9.17) is 10.00 Å². The maximum absolute atomic E-state index is 12.6. The number of nitriles is 1. The zero-order chi connectivity index (χ0) is 20.6. The van der Waals surface area contributed by atoms with Gasteiger partial charge < -0.3 is 15.4 Å². The van der Waals surface area contributed by atoms with E-state index in [2.05, 4.69) is 10.6 Å². The summed E-state index contributed by atoms with van der Waals surface area (Å²) in [6.07, 6.45) is 0. The van der Waals surface area contributed by atoms with E-state index in [1.807, 2.05) is 30.3 Å². The van der Waals surface area contributed by atoms with Gasteiger partial charge in [0.05, 0.1) is 18.4 Å². The van der Waals surface area contributed by atoms with Crippen LogP contribution >= 0.6 is 0 Å². The standard InChI is InChI=1S/C23H19N3O3/c1-29-21-12-5-3-8-19(21)15-25-22(27)16-9-6-10-17(13-16)23(28)26-20-11-4-2-7-18(20)14-24/h2-13H,15H2,1H3,(H,25,27)(H,26,28). The van der Waals surface area contributed by atoms with Gasteiger partial charge in [-0.05, 0) is 36.4 Å². The number of benzene rings is 3. The minimum atomic E-state index is -0.396. The molecule has 29 heavy (non-hydrogen) atoms. The van der Waals surface area contributed by atoms with Gasteiger partial charge in [0.15, 0.2) is 0 Å². The summed E-state index contributed by atoms with van der Waals surface area (Å²) in [6, 6.07) is 22.6. The highest BCUT2D eigenvalue weighted by Crippen LogP contribution is 2.18. The molecule has 6 heteroatoms. The Morgan fingerprint density at radius 2 is 1.62 bits per heavy atom. The normalized spacial score (nSPS) is 9.93. The molecule has 0 spiro atoms. The summed E-state index contributed by atoms with van der Waals surface area (Å²) in [5.74, 6) is -0.00727. The average molecular weight is 385 g/mol.